The molecule has 1 atom stereocenters. The molecule has 29 heavy (non-hydrogen) atoms. The topological polar surface area (TPSA) is 47.4 Å². The third-order valence-electron chi connectivity index (χ3n) is 5.76. The van der Waals surface area contributed by atoms with Crippen molar-refractivity contribution in [2.75, 3.05) is 25.2 Å². The van der Waals surface area contributed by atoms with Crippen LogP contribution in [0.4, 0.5) is 5.69 Å². The van der Waals surface area contributed by atoms with E-state index in [4.69, 9.17) is 9.72 Å². The Morgan fingerprint density at radius 2 is 1.93 bits per heavy atom. The van der Waals surface area contributed by atoms with E-state index in [-0.39, 0.29) is 11.8 Å². The van der Waals surface area contributed by atoms with E-state index < -0.39 is 0 Å². The molecule has 1 unspecified atom stereocenters. The van der Waals surface area contributed by atoms with Gasteiger partial charge >= 0.3 is 0 Å². The van der Waals surface area contributed by atoms with Gasteiger partial charge in [-0.3, -0.25) is 4.79 Å². The van der Waals surface area contributed by atoms with E-state index in [1.807, 2.05) is 23.1 Å². The van der Waals surface area contributed by atoms with E-state index in [1.54, 1.807) is 7.11 Å². The Kier molecular flexibility index (Phi) is 5.95. The average Bonchev–Trinajstić information content (AvgIpc) is 3.31. The molecule has 2 heterocycles. The Morgan fingerprint density at radius 3 is 2.69 bits per heavy atom. The summed E-state index contributed by atoms with van der Waals surface area (Å²) < 4.78 is 7.52. The van der Waals surface area contributed by atoms with Crippen molar-refractivity contribution in [3.63, 3.8) is 0 Å². The largest absolute Gasteiger partial charge is 0.383 e. The number of fused-ring (bicyclic) bond motifs is 1. The number of rotatable bonds is 8. The lowest BCUT2D eigenvalue weighted by molar-refractivity contribution is -0.117. The maximum Gasteiger partial charge on any atom is 0.227 e. The van der Waals surface area contributed by atoms with Crippen LogP contribution < -0.4 is 4.90 Å². The van der Waals surface area contributed by atoms with E-state index in [1.165, 1.54) is 18.4 Å². The fraction of sp³-hybridized carbons (Fsp3) is 0.417. The van der Waals surface area contributed by atoms with Gasteiger partial charge in [-0.25, -0.2) is 4.98 Å². The van der Waals surface area contributed by atoms with Gasteiger partial charge in [-0.05, 0) is 42.7 Å². The van der Waals surface area contributed by atoms with Gasteiger partial charge in [0.05, 0.1) is 17.6 Å². The minimum atomic E-state index is 0.0894. The lowest BCUT2D eigenvalue weighted by atomic mass is 10.1. The molecule has 1 aliphatic rings. The molecule has 2 aromatic carbocycles. The van der Waals surface area contributed by atoms with E-state index in [9.17, 15) is 4.79 Å². The lowest BCUT2D eigenvalue weighted by Crippen LogP contribution is -2.24. The van der Waals surface area contributed by atoms with Crippen molar-refractivity contribution < 1.29 is 9.53 Å². The van der Waals surface area contributed by atoms with E-state index >= 15 is 0 Å². The van der Waals surface area contributed by atoms with Gasteiger partial charge in [0.15, 0.2) is 0 Å². The summed E-state index contributed by atoms with van der Waals surface area (Å²) in [5, 5.41) is 0. The molecule has 3 aromatic rings. The molecule has 1 amide bonds. The van der Waals surface area contributed by atoms with E-state index in [0.29, 0.717) is 19.6 Å². The third-order valence-corrected chi connectivity index (χ3v) is 5.76. The second-order valence-electron chi connectivity index (χ2n) is 7.78. The number of hydrogen-bond donors (Lipinski definition) is 0. The van der Waals surface area contributed by atoms with Crippen LogP contribution in [0.5, 0.6) is 0 Å². The van der Waals surface area contributed by atoms with E-state index in [2.05, 4.69) is 41.8 Å². The second kappa shape index (κ2) is 8.78. The Morgan fingerprint density at radius 1 is 1.14 bits per heavy atom. The highest BCUT2D eigenvalue weighted by molar-refractivity contribution is 5.96. The molecule has 0 bridgehead atoms. The van der Waals surface area contributed by atoms with Crippen LogP contribution in [0.15, 0.2) is 48.5 Å². The molecule has 1 saturated heterocycles. The molecule has 1 aromatic heterocycles. The molecule has 1 fully saturated rings. The molecule has 0 saturated carbocycles. The Labute approximate surface area is 172 Å². The molecule has 152 valence electrons. The number of amides is 1. The number of para-hydroxylation sites is 2. The van der Waals surface area contributed by atoms with Gasteiger partial charge in [0.1, 0.15) is 5.82 Å². The Hall–Kier alpha value is -2.66. The predicted molar refractivity (Wildman–Crippen MR) is 116 cm³/mol. The number of unbranched alkanes of at least 4 members (excludes halogenated alkanes) is 1. The quantitative estimate of drug-likeness (QED) is 0.566. The molecule has 4 rings (SSSR count). The average molecular weight is 392 g/mol. The normalized spacial score (nSPS) is 16.8. The highest BCUT2D eigenvalue weighted by Gasteiger charge is 2.34. The first kappa shape index (κ1) is 19.6. The van der Waals surface area contributed by atoms with Crippen LogP contribution in [0, 0.1) is 0 Å². The number of carbonyl (C=O) groups excluding carboxylic acids is 1. The molecular formula is C24H29N3O2. The predicted octanol–water partition coefficient (Wildman–Crippen LogP) is 4.55. The van der Waals surface area contributed by atoms with Gasteiger partial charge in [-0.1, -0.05) is 37.6 Å². The smallest absolute Gasteiger partial charge is 0.227 e. The number of nitrogens with zero attached hydrogens (tertiary/aromatic N) is 3. The maximum absolute atomic E-state index is 12.8. The number of hydrogen-bond acceptors (Lipinski definition) is 3. The minimum Gasteiger partial charge on any atom is -0.383 e. The number of methoxy groups -OCH3 is 1. The summed E-state index contributed by atoms with van der Waals surface area (Å²) >= 11 is 0. The lowest BCUT2D eigenvalue weighted by Gasteiger charge is -2.18. The molecule has 5 nitrogen and oxygen atoms in total. The van der Waals surface area contributed by atoms with Crippen LogP contribution in [0.3, 0.4) is 0 Å². The van der Waals surface area contributed by atoms with Crippen LogP contribution in [0.2, 0.25) is 0 Å². The fourth-order valence-corrected chi connectivity index (χ4v) is 4.18. The first-order valence-electron chi connectivity index (χ1n) is 10.5. The molecule has 0 radical (unpaired) electrons. The van der Waals surface area contributed by atoms with Crippen molar-refractivity contribution in [1.29, 1.82) is 0 Å². The maximum atomic E-state index is 12.8. The summed E-state index contributed by atoms with van der Waals surface area (Å²) in [7, 11) is 1.71. The Bertz CT molecular complexity index is 977. The number of carbonyl (C=O) groups is 1. The number of benzene rings is 2. The first-order valence-corrected chi connectivity index (χ1v) is 10.5. The standard InChI is InChI=1S/C24H29N3O2/c1-3-4-7-18-10-12-20(13-11-18)27-17-19(16-23(27)28)24-25-21-8-5-6-9-22(21)26(24)14-15-29-2/h5-6,8-13,19H,3-4,7,14-17H2,1-2H3. The fourth-order valence-electron chi connectivity index (χ4n) is 4.18. The number of ether oxygens (including phenoxy) is 1. The Balaban J connectivity index is 1.57. The highest BCUT2D eigenvalue weighted by atomic mass is 16.5. The number of imidazole rings is 1. The summed E-state index contributed by atoms with van der Waals surface area (Å²) in [5.41, 5.74) is 4.40. The van der Waals surface area contributed by atoms with Crippen LogP contribution in [-0.2, 0) is 22.5 Å². The van der Waals surface area contributed by atoms with Gasteiger partial charge in [0, 0.05) is 38.2 Å². The number of aryl methyl sites for hydroxylation is 1. The van der Waals surface area contributed by atoms with Crippen LogP contribution >= 0.6 is 0 Å². The van der Waals surface area contributed by atoms with E-state index in [0.717, 1.165) is 35.5 Å². The van der Waals surface area contributed by atoms with Gasteiger partial charge in [-0.2, -0.15) is 0 Å². The van der Waals surface area contributed by atoms with Crippen molar-refractivity contribution in [2.45, 2.75) is 45.1 Å². The molecule has 0 N–H and O–H groups in total. The monoisotopic (exact) mass is 391 g/mol. The number of anilines is 1. The van der Waals surface area contributed by atoms with Gasteiger partial charge in [0.2, 0.25) is 5.91 Å². The van der Waals surface area contributed by atoms with Crippen molar-refractivity contribution in [1.82, 2.24) is 9.55 Å². The van der Waals surface area contributed by atoms with Crippen LogP contribution in [-0.4, -0.2) is 35.7 Å². The summed E-state index contributed by atoms with van der Waals surface area (Å²) in [6, 6.07) is 16.6. The summed E-state index contributed by atoms with van der Waals surface area (Å²) in [6.07, 6.45) is 3.98. The summed E-state index contributed by atoms with van der Waals surface area (Å²) in [6.45, 7) is 4.24. The zero-order chi connectivity index (χ0) is 20.2. The second-order valence-corrected chi connectivity index (χ2v) is 7.78. The van der Waals surface area contributed by atoms with Gasteiger partial charge < -0.3 is 14.2 Å². The summed E-state index contributed by atoms with van der Waals surface area (Å²) in [5.74, 6) is 1.24. The zero-order valence-corrected chi connectivity index (χ0v) is 17.3. The molecule has 5 heteroatoms. The van der Waals surface area contributed by atoms with Crippen LogP contribution in [0.25, 0.3) is 11.0 Å². The first-order chi connectivity index (χ1) is 14.2. The summed E-state index contributed by atoms with van der Waals surface area (Å²) in [4.78, 5) is 19.6. The SMILES string of the molecule is CCCCc1ccc(N2CC(c3nc4ccccc4n3CCOC)CC2=O)cc1. The van der Waals surface area contributed by atoms with Gasteiger partial charge in [0.25, 0.3) is 0 Å². The number of aromatic nitrogens is 2. The highest BCUT2D eigenvalue weighted by Crippen LogP contribution is 2.33. The van der Waals surface area contributed by atoms with Crippen molar-refractivity contribution in [3.8, 4) is 0 Å². The van der Waals surface area contributed by atoms with Crippen LogP contribution in [0.1, 0.15) is 43.5 Å². The van der Waals surface area contributed by atoms with Crippen molar-refractivity contribution >= 4 is 22.6 Å². The van der Waals surface area contributed by atoms with Crippen molar-refractivity contribution in [2.24, 2.45) is 0 Å². The molecular weight excluding hydrogens is 362 g/mol. The molecule has 1 aliphatic heterocycles. The molecule has 0 spiro atoms. The van der Waals surface area contributed by atoms with Gasteiger partial charge in [-0.15, -0.1) is 0 Å². The zero-order valence-electron chi connectivity index (χ0n) is 17.3. The van der Waals surface area contributed by atoms with Crippen molar-refractivity contribution in [3.05, 3.63) is 59.9 Å². The molecule has 0 aliphatic carbocycles. The minimum absolute atomic E-state index is 0.0894. The third kappa shape index (κ3) is 4.06.